The lowest BCUT2D eigenvalue weighted by atomic mass is 9.78. The second-order valence-electron chi connectivity index (χ2n) is 25.4. The monoisotopic (exact) mass is 1190 g/mol. The predicted molar refractivity (Wildman–Crippen MR) is 371 cm³/mol. The van der Waals surface area contributed by atoms with E-state index in [0.717, 1.165) is 62.9 Å². The van der Waals surface area contributed by atoms with Crippen molar-refractivity contribution in [3.05, 3.63) is 312 Å². The number of anilines is 1. The van der Waals surface area contributed by atoms with Crippen LogP contribution in [-0.2, 0) is 33.1 Å². The number of esters is 2. The Labute approximate surface area is 534 Å². The van der Waals surface area contributed by atoms with Gasteiger partial charge in [0, 0.05) is 23.1 Å². The molecule has 1 amide bonds. The van der Waals surface area contributed by atoms with E-state index in [1.54, 1.807) is 24.3 Å². The van der Waals surface area contributed by atoms with Crippen LogP contribution in [0.2, 0.25) is 0 Å². The van der Waals surface area contributed by atoms with Gasteiger partial charge in [-0.1, -0.05) is 260 Å². The molecule has 7 nitrogen and oxygen atoms in total. The SMILES string of the molecule is CCC(CCOC(=O)c1ccc(Cc2ccc(C(=O)Nc3ccc(C(C)(C)c4ccccc4)cc3)c(C(=O)OCCC(CC)c3ccc(C=Cc4ccc(C)cc4)cc3)c2)cc1C(=O)Cc1ccc(C(C)(C)C)cc1)c1ccc(C=Cc2ccc(C)cc2)cc1. The molecule has 0 saturated carbocycles. The first-order chi connectivity index (χ1) is 43.3. The van der Waals surface area contributed by atoms with Gasteiger partial charge in [-0.05, 0) is 166 Å². The molecule has 0 bridgehead atoms. The van der Waals surface area contributed by atoms with E-state index in [4.69, 9.17) is 9.47 Å². The maximum atomic E-state index is 14.6. The molecular weight excluding hydrogens is 1110 g/mol. The Hall–Kier alpha value is -9.46. The molecule has 9 aromatic carbocycles. The smallest absolute Gasteiger partial charge is 0.338 e. The summed E-state index contributed by atoms with van der Waals surface area (Å²) < 4.78 is 12.1. The lowest BCUT2D eigenvalue weighted by molar-refractivity contribution is 0.0481. The van der Waals surface area contributed by atoms with Gasteiger partial charge in [0.1, 0.15) is 0 Å². The van der Waals surface area contributed by atoms with Crippen molar-refractivity contribution >= 4 is 53.6 Å². The van der Waals surface area contributed by atoms with E-state index in [9.17, 15) is 19.2 Å². The minimum atomic E-state index is -0.617. The van der Waals surface area contributed by atoms with Crippen molar-refractivity contribution < 1.29 is 28.7 Å². The van der Waals surface area contributed by atoms with Crippen molar-refractivity contribution in [3.8, 4) is 0 Å². The highest BCUT2D eigenvalue weighted by Gasteiger charge is 2.26. The van der Waals surface area contributed by atoms with Crippen LogP contribution in [0.4, 0.5) is 5.69 Å². The van der Waals surface area contributed by atoms with Crippen molar-refractivity contribution in [1.82, 2.24) is 0 Å². The molecule has 0 spiro atoms. The minimum absolute atomic E-state index is 0.0641. The molecule has 0 aliphatic heterocycles. The summed E-state index contributed by atoms with van der Waals surface area (Å²) in [4.78, 5) is 57.7. The second-order valence-corrected chi connectivity index (χ2v) is 25.4. The molecule has 9 rings (SSSR count). The molecule has 0 saturated heterocycles. The number of Topliss-reactive ketones (excluding diaryl/α,β-unsaturated/α-hetero) is 1. The van der Waals surface area contributed by atoms with Crippen LogP contribution in [0.5, 0.6) is 0 Å². The van der Waals surface area contributed by atoms with Gasteiger partial charge in [0.15, 0.2) is 5.78 Å². The normalized spacial score (nSPS) is 12.4. The van der Waals surface area contributed by atoms with Crippen LogP contribution < -0.4 is 5.32 Å². The van der Waals surface area contributed by atoms with Gasteiger partial charge >= 0.3 is 11.9 Å². The van der Waals surface area contributed by atoms with E-state index in [1.165, 1.54) is 22.3 Å². The average Bonchev–Trinajstić information content (AvgIpc) is 1.20. The lowest BCUT2D eigenvalue weighted by Gasteiger charge is -2.26. The number of benzene rings is 9. The summed E-state index contributed by atoms with van der Waals surface area (Å²) >= 11 is 0. The molecule has 0 radical (unpaired) electrons. The summed E-state index contributed by atoms with van der Waals surface area (Å²) in [5, 5.41) is 3.05. The summed E-state index contributed by atoms with van der Waals surface area (Å²) in [6.45, 7) is 19.5. The summed E-state index contributed by atoms with van der Waals surface area (Å²) in [7, 11) is 0. The van der Waals surface area contributed by atoms with Crippen LogP contribution in [0, 0.1) is 13.8 Å². The number of carbonyl (C=O) groups excluding carboxylic acids is 4. The van der Waals surface area contributed by atoms with Crippen LogP contribution in [-0.4, -0.2) is 36.8 Å². The van der Waals surface area contributed by atoms with E-state index in [-0.39, 0.29) is 76.8 Å². The number of carbonyl (C=O) groups is 4. The molecule has 1 N–H and O–H groups in total. The molecule has 0 heterocycles. The Morgan fingerprint density at radius 3 is 1.31 bits per heavy atom. The minimum Gasteiger partial charge on any atom is -0.462 e. The Morgan fingerprint density at radius 1 is 0.433 bits per heavy atom. The highest BCUT2D eigenvalue weighted by Crippen LogP contribution is 2.33. The first-order valence-electron chi connectivity index (χ1n) is 31.7. The van der Waals surface area contributed by atoms with Crippen molar-refractivity contribution in [1.29, 1.82) is 0 Å². The maximum Gasteiger partial charge on any atom is 0.338 e. The topological polar surface area (TPSA) is 98.8 Å². The average molecular weight is 1190 g/mol. The van der Waals surface area contributed by atoms with Gasteiger partial charge in [-0.15, -0.1) is 0 Å². The number of ether oxygens (including phenoxy) is 2. The van der Waals surface area contributed by atoms with Crippen LogP contribution in [0.25, 0.3) is 24.3 Å². The van der Waals surface area contributed by atoms with Crippen molar-refractivity contribution in [3.63, 3.8) is 0 Å². The number of rotatable bonds is 25. The van der Waals surface area contributed by atoms with E-state index in [1.807, 2.05) is 66.7 Å². The van der Waals surface area contributed by atoms with E-state index >= 15 is 0 Å². The zero-order valence-corrected chi connectivity index (χ0v) is 53.8. The van der Waals surface area contributed by atoms with Crippen molar-refractivity contribution in [2.24, 2.45) is 0 Å². The number of aryl methyl sites for hydroxylation is 2. The van der Waals surface area contributed by atoms with E-state index in [0.29, 0.717) is 24.1 Å². The summed E-state index contributed by atoms with van der Waals surface area (Å²) in [6.07, 6.45) is 11.7. The molecule has 0 aliphatic rings. The van der Waals surface area contributed by atoms with Gasteiger partial charge in [0.2, 0.25) is 0 Å². The molecular formula is C83H85NO6. The van der Waals surface area contributed by atoms with E-state index in [2.05, 4.69) is 213 Å². The highest BCUT2D eigenvalue weighted by molar-refractivity contribution is 6.11. The molecule has 90 heavy (non-hydrogen) atoms. The molecule has 0 aliphatic carbocycles. The predicted octanol–water partition coefficient (Wildman–Crippen LogP) is 20.0. The molecule has 2 atom stereocenters. The van der Waals surface area contributed by atoms with Gasteiger partial charge in [-0.3, -0.25) is 9.59 Å². The number of hydrogen-bond acceptors (Lipinski definition) is 6. The number of hydrogen-bond donors (Lipinski definition) is 1. The first kappa shape index (κ1) is 65.0. The first-order valence-corrected chi connectivity index (χ1v) is 31.7. The third-order valence-corrected chi connectivity index (χ3v) is 17.4. The van der Waals surface area contributed by atoms with Gasteiger partial charge in [-0.25, -0.2) is 9.59 Å². The maximum absolute atomic E-state index is 14.6. The lowest BCUT2D eigenvalue weighted by Crippen LogP contribution is -2.20. The van der Waals surface area contributed by atoms with Gasteiger partial charge < -0.3 is 14.8 Å². The number of amides is 1. The van der Waals surface area contributed by atoms with Gasteiger partial charge in [-0.2, -0.15) is 0 Å². The fraction of sp³-hybridized carbons (Fsp3) is 0.253. The van der Waals surface area contributed by atoms with Gasteiger partial charge in [0.25, 0.3) is 5.91 Å². The molecule has 0 fully saturated rings. The molecule has 2 unspecified atom stereocenters. The zero-order valence-electron chi connectivity index (χ0n) is 53.8. The Bertz CT molecular complexity index is 3940. The standard InChI is InChI=1S/C83H85NO6/c1-10-66(68-37-29-61(30-38-68)27-25-59-21-17-57(3)18-22-59)49-51-89-80(87)75-48-36-64(54-76(75)78(85)56-63-33-41-70(42-34-63)82(5,6)7)53-65-35-47-74(79(86)84-73-45-43-72(44-46-73)83(8,9)71-15-13-12-14-16-71)77(55-65)81(88)90-52-50-67(11-2)69-39-31-62(32-40-69)28-26-60-23-19-58(4)20-24-60/h12-48,54-55,66-67H,10-11,49-53,56H2,1-9H3,(H,84,86). The van der Waals surface area contributed by atoms with Crippen LogP contribution in [0.15, 0.2) is 212 Å². The van der Waals surface area contributed by atoms with Crippen LogP contribution in [0.1, 0.15) is 205 Å². The second kappa shape index (κ2) is 30.2. The largest absolute Gasteiger partial charge is 0.462 e. The molecule has 7 heteroatoms. The zero-order chi connectivity index (χ0) is 63.8. The molecule has 458 valence electrons. The Balaban J connectivity index is 0.942. The van der Waals surface area contributed by atoms with Crippen LogP contribution in [0.3, 0.4) is 0 Å². The third kappa shape index (κ3) is 17.4. The number of nitrogens with one attached hydrogen (secondary N) is 1. The Kier molecular flexibility index (Phi) is 21.8. The molecule has 0 aromatic heterocycles. The van der Waals surface area contributed by atoms with Crippen molar-refractivity contribution in [2.75, 3.05) is 18.5 Å². The fourth-order valence-electron chi connectivity index (χ4n) is 11.5. The quantitative estimate of drug-likeness (QED) is 0.0348. The highest BCUT2D eigenvalue weighted by atomic mass is 16.5. The van der Waals surface area contributed by atoms with Crippen molar-refractivity contribution in [2.45, 2.75) is 124 Å². The van der Waals surface area contributed by atoms with Crippen LogP contribution >= 0.6 is 0 Å². The fourth-order valence-corrected chi connectivity index (χ4v) is 11.5. The summed E-state index contributed by atoms with van der Waals surface area (Å²) in [5.74, 6) is -1.57. The number of ketones is 1. The third-order valence-electron chi connectivity index (χ3n) is 17.4. The summed E-state index contributed by atoms with van der Waals surface area (Å²) in [5.41, 5.74) is 15.9. The molecule has 9 aromatic rings. The van der Waals surface area contributed by atoms with Gasteiger partial charge in [0.05, 0.1) is 29.9 Å². The summed E-state index contributed by atoms with van der Waals surface area (Å²) in [6, 6.07) is 70.5. The Morgan fingerprint density at radius 2 is 0.844 bits per heavy atom. The van der Waals surface area contributed by atoms with E-state index < -0.39 is 17.8 Å².